The molecular formula is C16H17NO3. The average Bonchev–Trinajstić information content (AvgIpc) is 2.78. The molecular weight excluding hydrogens is 254 g/mol. The number of nitrogens with one attached hydrogen (secondary N) is 1. The van der Waals surface area contributed by atoms with E-state index in [1.54, 1.807) is 0 Å². The number of rotatable bonds is 2. The molecule has 0 unspecified atom stereocenters. The van der Waals surface area contributed by atoms with Gasteiger partial charge in [0.25, 0.3) is 0 Å². The molecule has 1 fully saturated rings. The first-order valence-electron chi connectivity index (χ1n) is 6.93. The Kier molecular flexibility index (Phi) is 3.08. The van der Waals surface area contributed by atoms with Gasteiger partial charge in [-0.2, -0.15) is 0 Å². The number of aryl methyl sites for hydroxylation is 1. The molecule has 1 heterocycles. The highest BCUT2D eigenvalue weighted by Gasteiger charge is 2.27. The van der Waals surface area contributed by atoms with Gasteiger partial charge in [-0.3, -0.25) is 4.79 Å². The van der Waals surface area contributed by atoms with Crippen molar-refractivity contribution in [2.75, 3.05) is 0 Å². The number of aromatic amines is 1. The zero-order valence-electron chi connectivity index (χ0n) is 11.4. The van der Waals surface area contributed by atoms with Crippen LogP contribution in [0.25, 0.3) is 10.9 Å². The number of aromatic nitrogens is 1. The van der Waals surface area contributed by atoms with Crippen LogP contribution in [0.3, 0.4) is 0 Å². The highest BCUT2D eigenvalue weighted by molar-refractivity contribution is 5.98. The first-order valence-corrected chi connectivity index (χ1v) is 6.93. The summed E-state index contributed by atoms with van der Waals surface area (Å²) in [7, 11) is 0. The van der Waals surface area contributed by atoms with Crippen molar-refractivity contribution in [1.29, 1.82) is 0 Å². The van der Waals surface area contributed by atoms with Crippen molar-refractivity contribution in [3.8, 4) is 0 Å². The van der Waals surface area contributed by atoms with Crippen LogP contribution in [-0.4, -0.2) is 21.8 Å². The molecule has 0 aliphatic heterocycles. The highest BCUT2D eigenvalue weighted by Crippen LogP contribution is 2.38. The summed E-state index contributed by atoms with van der Waals surface area (Å²) in [6, 6.07) is 5.93. The molecule has 1 aliphatic carbocycles. The maximum atomic E-state index is 11.5. The lowest BCUT2D eigenvalue weighted by molar-refractivity contribution is -0.120. The standard InChI is InChI=1S/C16H17NO3/c1-9-2-7-13-12(8-9)14(15(17-13)16(19)20)10-3-5-11(18)6-4-10/h2,7-8,10,17H,3-6H2,1H3,(H,19,20). The molecule has 0 amide bonds. The van der Waals surface area contributed by atoms with E-state index in [9.17, 15) is 14.7 Å². The van der Waals surface area contributed by atoms with E-state index in [1.807, 2.05) is 25.1 Å². The zero-order valence-corrected chi connectivity index (χ0v) is 11.4. The Bertz CT molecular complexity index is 689. The van der Waals surface area contributed by atoms with E-state index in [4.69, 9.17) is 0 Å². The monoisotopic (exact) mass is 271 g/mol. The van der Waals surface area contributed by atoms with Gasteiger partial charge in [-0.1, -0.05) is 11.6 Å². The first-order chi connectivity index (χ1) is 9.56. The van der Waals surface area contributed by atoms with Crippen molar-refractivity contribution in [2.45, 2.75) is 38.5 Å². The van der Waals surface area contributed by atoms with Crippen molar-refractivity contribution < 1.29 is 14.7 Å². The van der Waals surface area contributed by atoms with E-state index in [0.717, 1.165) is 34.9 Å². The lowest BCUT2D eigenvalue weighted by Crippen LogP contribution is -2.14. The van der Waals surface area contributed by atoms with Crippen LogP contribution >= 0.6 is 0 Å². The third-order valence-electron chi connectivity index (χ3n) is 4.16. The van der Waals surface area contributed by atoms with Gasteiger partial charge in [-0.15, -0.1) is 0 Å². The lowest BCUT2D eigenvalue weighted by atomic mass is 9.82. The molecule has 3 rings (SSSR count). The fourth-order valence-corrected chi connectivity index (χ4v) is 3.15. The summed E-state index contributed by atoms with van der Waals surface area (Å²) >= 11 is 0. The number of Topliss-reactive ketones (excluding diaryl/α,β-unsaturated/α-hetero) is 1. The lowest BCUT2D eigenvalue weighted by Gasteiger charge is -2.21. The SMILES string of the molecule is Cc1ccc2[nH]c(C(=O)O)c(C3CCC(=O)CC3)c2c1. The number of fused-ring (bicyclic) bond motifs is 1. The number of hydrogen-bond donors (Lipinski definition) is 2. The topological polar surface area (TPSA) is 70.2 Å². The molecule has 0 radical (unpaired) electrons. The number of hydrogen-bond acceptors (Lipinski definition) is 2. The summed E-state index contributed by atoms with van der Waals surface area (Å²) in [5.74, 6) is -0.478. The second kappa shape index (κ2) is 4.78. The van der Waals surface area contributed by atoms with Gasteiger partial charge in [-0.25, -0.2) is 4.79 Å². The van der Waals surface area contributed by atoms with Crippen LogP contribution in [-0.2, 0) is 4.79 Å². The number of benzene rings is 1. The zero-order chi connectivity index (χ0) is 14.3. The predicted octanol–water partition coefficient (Wildman–Crippen LogP) is 3.40. The summed E-state index contributed by atoms with van der Waals surface area (Å²) in [5.41, 5.74) is 3.13. The number of carbonyl (C=O) groups excluding carboxylic acids is 1. The molecule has 0 spiro atoms. The van der Waals surface area contributed by atoms with Gasteiger partial charge in [0.15, 0.2) is 0 Å². The molecule has 1 aliphatic rings. The Morgan fingerprint density at radius 1 is 1.30 bits per heavy atom. The number of ketones is 1. The number of carboxylic acids is 1. The van der Waals surface area contributed by atoms with E-state index in [2.05, 4.69) is 4.98 Å². The highest BCUT2D eigenvalue weighted by atomic mass is 16.4. The smallest absolute Gasteiger partial charge is 0.352 e. The van der Waals surface area contributed by atoms with Gasteiger partial charge in [0.05, 0.1) is 0 Å². The maximum Gasteiger partial charge on any atom is 0.352 e. The van der Waals surface area contributed by atoms with Crippen LogP contribution in [0, 0.1) is 6.92 Å². The van der Waals surface area contributed by atoms with Crippen molar-refractivity contribution in [3.63, 3.8) is 0 Å². The van der Waals surface area contributed by atoms with Crippen LogP contribution in [0.4, 0.5) is 0 Å². The second-order valence-corrected chi connectivity index (χ2v) is 5.58. The fourth-order valence-electron chi connectivity index (χ4n) is 3.15. The summed E-state index contributed by atoms with van der Waals surface area (Å²) in [5, 5.41) is 10.4. The van der Waals surface area contributed by atoms with Crippen molar-refractivity contribution >= 4 is 22.7 Å². The van der Waals surface area contributed by atoms with Gasteiger partial charge < -0.3 is 10.1 Å². The Balaban J connectivity index is 2.15. The maximum absolute atomic E-state index is 11.5. The molecule has 20 heavy (non-hydrogen) atoms. The molecule has 0 bridgehead atoms. The van der Waals surface area contributed by atoms with Gasteiger partial charge >= 0.3 is 5.97 Å². The summed E-state index contributed by atoms with van der Waals surface area (Å²) in [6.07, 6.45) is 2.62. The third kappa shape index (κ3) is 2.11. The van der Waals surface area contributed by atoms with Gasteiger partial charge in [0.2, 0.25) is 0 Å². The molecule has 4 heteroatoms. The fraction of sp³-hybridized carbons (Fsp3) is 0.375. The predicted molar refractivity (Wildman–Crippen MR) is 76.2 cm³/mol. The number of carboxylic acid groups (broad SMARTS) is 1. The number of aromatic carboxylic acids is 1. The third-order valence-corrected chi connectivity index (χ3v) is 4.16. The summed E-state index contributed by atoms with van der Waals surface area (Å²) in [4.78, 5) is 25.9. The Hall–Kier alpha value is -2.10. The van der Waals surface area contributed by atoms with Crippen LogP contribution in [0.5, 0.6) is 0 Å². The van der Waals surface area contributed by atoms with Gasteiger partial charge in [0, 0.05) is 23.7 Å². The molecule has 0 saturated heterocycles. The van der Waals surface area contributed by atoms with E-state index in [-0.39, 0.29) is 17.4 Å². The van der Waals surface area contributed by atoms with Crippen molar-refractivity contribution in [2.24, 2.45) is 0 Å². The second-order valence-electron chi connectivity index (χ2n) is 5.58. The van der Waals surface area contributed by atoms with Crippen LogP contribution < -0.4 is 0 Å². The molecule has 0 atom stereocenters. The Morgan fingerprint density at radius 3 is 2.65 bits per heavy atom. The Labute approximate surface area is 116 Å². The molecule has 4 nitrogen and oxygen atoms in total. The molecule has 104 valence electrons. The molecule has 2 N–H and O–H groups in total. The van der Waals surface area contributed by atoms with Crippen LogP contribution in [0.15, 0.2) is 18.2 Å². The van der Waals surface area contributed by atoms with E-state index in [1.165, 1.54) is 0 Å². The molecule has 1 aromatic heterocycles. The number of H-pyrrole nitrogens is 1. The van der Waals surface area contributed by atoms with Crippen molar-refractivity contribution in [1.82, 2.24) is 4.98 Å². The first kappa shape index (κ1) is 12.9. The summed E-state index contributed by atoms with van der Waals surface area (Å²) < 4.78 is 0. The number of carbonyl (C=O) groups is 2. The van der Waals surface area contributed by atoms with Crippen molar-refractivity contribution in [3.05, 3.63) is 35.0 Å². The molecule has 1 aromatic carbocycles. The quantitative estimate of drug-likeness (QED) is 0.879. The largest absolute Gasteiger partial charge is 0.477 e. The minimum atomic E-state index is -0.925. The molecule has 2 aromatic rings. The van der Waals surface area contributed by atoms with E-state index >= 15 is 0 Å². The normalized spacial score (nSPS) is 16.8. The van der Waals surface area contributed by atoms with Crippen LogP contribution in [0.2, 0.25) is 0 Å². The van der Waals surface area contributed by atoms with E-state index < -0.39 is 5.97 Å². The van der Waals surface area contributed by atoms with E-state index in [0.29, 0.717) is 12.8 Å². The minimum absolute atomic E-state index is 0.161. The van der Waals surface area contributed by atoms with Gasteiger partial charge in [0.1, 0.15) is 11.5 Å². The van der Waals surface area contributed by atoms with Crippen LogP contribution in [0.1, 0.15) is 53.2 Å². The average molecular weight is 271 g/mol. The minimum Gasteiger partial charge on any atom is -0.477 e. The molecule has 1 saturated carbocycles. The summed E-state index contributed by atoms with van der Waals surface area (Å²) in [6.45, 7) is 2.00. The van der Waals surface area contributed by atoms with Gasteiger partial charge in [-0.05, 0) is 43.4 Å². The Morgan fingerprint density at radius 2 is 2.00 bits per heavy atom.